The molecule has 2 aromatic carbocycles. The van der Waals surface area contributed by atoms with Gasteiger partial charge in [-0.05, 0) is 23.8 Å². The average Bonchev–Trinajstić information content (AvgIpc) is 2.31. The van der Waals surface area contributed by atoms with Gasteiger partial charge in [0, 0.05) is 18.2 Å². The first-order chi connectivity index (χ1) is 8.58. The molecule has 4 nitrogen and oxygen atoms in total. The highest BCUT2D eigenvalue weighted by Gasteiger charge is 2.09. The summed E-state index contributed by atoms with van der Waals surface area (Å²) in [4.78, 5) is 11.0. The molecule has 0 aromatic heterocycles. The Morgan fingerprint density at radius 1 is 1.11 bits per heavy atom. The number of rotatable bonds is 2. The van der Waals surface area contributed by atoms with E-state index in [1.807, 2.05) is 24.3 Å². The minimum Gasteiger partial charge on any atom is -0.424 e. The molecule has 92 valence electrons. The Hall–Kier alpha value is -2.49. The number of nitrogens with two attached hydrogens (primary N) is 2. The molecule has 0 aliphatic heterocycles. The number of ether oxygens (including phenoxy) is 1. The highest BCUT2D eigenvalue weighted by molar-refractivity contribution is 5.83. The fourth-order valence-corrected chi connectivity index (χ4v) is 1.75. The van der Waals surface area contributed by atoms with Crippen LogP contribution in [0.1, 0.15) is 6.92 Å². The van der Waals surface area contributed by atoms with Crippen LogP contribution in [-0.2, 0) is 4.79 Å². The summed E-state index contributed by atoms with van der Waals surface area (Å²) in [6.45, 7) is 1.34. The first-order valence-corrected chi connectivity index (χ1v) is 5.51. The van der Waals surface area contributed by atoms with Gasteiger partial charge in [-0.3, -0.25) is 4.79 Å². The molecule has 0 spiro atoms. The summed E-state index contributed by atoms with van der Waals surface area (Å²) in [7, 11) is 0. The fourth-order valence-electron chi connectivity index (χ4n) is 1.75. The molecule has 4 N–H and O–H groups in total. The predicted molar refractivity (Wildman–Crippen MR) is 72.0 cm³/mol. The molecule has 0 fully saturated rings. The van der Waals surface area contributed by atoms with Crippen molar-refractivity contribution in [2.24, 2.45) is 0 Å². The maximum atomic E-state index is 11.0. The van der Waals surface area contributed by atoms with Gasteiger partial charge in [-0.2, -0.15) is 0 Å². The highest BCUT2D eigenvalue weighted by atomic mass is 16.5. The van der Waals surface area contributed by atoms with Gasteiger partial charge in [-0.1, -0.05) is 24.3 Å². The lowest BCUT2D eigenvalue weighted by Gasteiger charge is -2.10. The molecule has 0 amide bonds. The molecule has 18 heavy (non-hydrogen) atoms. The normalized spacial score (nSPS) is 10.1. The average molecular weight is 242 g/mol. The van der Waals surface area contributed by atoms with Gasteiger partial charge in [0.25, 0.3) is 0 Å². The van der Waals surface area contributed by atoms with Crippen molar-refractivity contribution < 1.29 is 9.53 Å². The Bertz CT molecular complexity index is 594. The lowest BCUT2D eigenvalue weighted by Crippen LogP contribution is -2.04. The number of carbonyl (C=O) groups excluding carboxylic acids is 1. The summed E-state index contributed by atoms with van der Waals surface area (Å²) in [5, 5.41) is 0. The monoisotopic (exact) mass is 242 g/mol. The van der Waals surface area contributed by atoms with Crippen LogP contribution in [0, 0.1) is 0 Å². The predicted octanol–water partition coefficient (Wildman–Crippen LogP) is 2.44. The SMILES string of the molecule is CC(=O)Oc1cccc(-c2cccc(N)c2)c1N. The molecular weight excluding hydrogens is 228 g/mol. The topological polar surface area (TPSA) is 78.3 Å². The van der Waals surface area contributed by atoms with E-state index in [9.17, 15) is 4.79 Å². The van der Waals surface area contributed by atoms with E-state index in [1.165, 1.54) is 6.92 Å². The molecule has 0 aliphatic carbocycles. The molecule has 2 rings (SSSR count). The number of para-hydroxylation sites is 1. The standard InChI is InChI=1S/C14H14N2O2/c1-9(17)18-13-7-3-6-12(14(13)16)10-4-2-5-11(15)8-10/h2-8H,15-16H2,1H3. The maximum absolute atomic E-state index is 11.0. The molecule has 0 aliphatic rings. The number of benzene rings is 2. The van der Waals surface area contributed by atoms with E-state index in [-0.39, 0.29) is 0 Å². The first kappa shape index (κ1) is 12.0. The second-order valence-electron chi connectivity index (χ2n) is 3.94. The lowest BCUT2D eigenvalue weighted by atomic mass is 10.0. The van der Waals surface area contributed by atoms with Crippen LogP contribution >= 0.6 is 0 Å². The molecular formula is C14H14N2O2. The number of esters is 1. The smallest absolute Gasteiger partial charge is 0.308 e. The van der Waals surface area contributed by atoms with Crippen LogP contribution in [0.5, 0.6) is 5.75 Å². The van der Waals surface area contributed by atoms with Gasteiger partial charge in [0.05, 0.1) is 5.69 Å². The van der Waals surface area contributed by atoms with E-state index in [2.05, 4.69) is 0 Å². The van der Waals surface area contributed by atoms with Crippen LogP contribution in [0.3, 0.4) is 0 Å². The molecule has 0 saturated carbocycles. The Morgan fingerprint density at radius 3 is 2.50 bits per heavy atom. The Kier molecular flexibility index (Phi) is 3.19. The van der Waals surface area contributed by atoms with Crippen molar-refractivity contribution in [3.05, 3.63) is 42.5 Å². The van der Waals surface area contributed by atoms with Crippen LogP contribution in [0.4, 0.5) is 11.4 Å². The minimum absolute atomic E-state index is 0.363. The van der Waals surface area contributed by atoms with E-state index in [0.717, 1.165) is 11.1 Å². The Balaban J connectivity index is 2.49. The van der Waals surface area contributed by atoms with Crippen molar-refractivity contribution in [3.8, 4) is 16.9 Å². The summed E-state index contributed by atoms with van der Waals surface area (Å²) < 4.78 is 5.04. The summed E-state index contributed by atoms with van der Waals surface area (Å²) in [6.07, 6.45) is 0. The van der Waals surface area contributed by atoms with E-state index < -0.39 is 5.97 Å². The third-order valence-electron chi connectivity index (χ3n) is 2.52. The van der Waals surface area contributed by atoms with Crippen LogP contribution in [0.2, 0.25) is 0 Å². The van der Waals surface area contributed by atoms with Crippen molar-refractivity contribution in [3.63, 3.8) is 0 Å². The quantitative estimate of drug-likeness (QED) is 0.481. The van der Waals surface area contributed by atoms with Gasteiger partial charge in [0.2, 0.25) is 0 Å². The van der Waals surface area contributed by atoms with Gasteiger partial charge in [-0.25, -0.2) is 0 Å². The molecule has 0 heterocycles. The van der Waals surface area contributed by atoms with Crippen molar-refractivity contribution >= 4 is 17.3 Å². The van der Waals surface area contributed by atoms with Crippen molar-refractivity contribution in [2.75, 3.05) is 11.5 Å². The van der Waals surface area contributed by atoms with Gasteiger partial charge in [-0.15, -0.1) is 0 Å². The largest absolute Gasteiger partial charge is 0.424 e. The van der Waals surface area contributed by atoms with Crippen molar-refractivity contribution in [1.29, 1.82) is 0 Å². The summed E-state index contributed by atoms with van der Waals surface area (Å²) >= 11 is 0. The molecule has 0 bridgehead atoms. The summed E-state index contributed by atoms with van der Waals surface area (Å²) in [5.41, 5.74) is 14.5. The third-order valence-corrected chi connectivity index (χ3v) is 2.52. The van der Waals surface area contributed by atoms with E-state index in [0.29, 0.717) is 17.1 Å². The van der Waals surface area contributed by atoms with Gasteiger partial charge in [0.15, 0.2) is 5.75 Å². The van der Waals surface area contributed by atoms with E-state index >= 15 is 0 Å². The third kappa shape index (κ3) is 2.43. The first-order valence-electron chi connectivity index (χ1n) is 5.51. The Labute approximate surface area is 105 Å². The number of hydrogen-bond donors (Lipinski definition) is 2. The number of carbonyl (C=O) groups is 1. The molecule has 0 unspecified atom stereocenters. The minimum atomic E-state index is -0.397. The second kappa shape index (κ2) is 4.79. The van der Waals surface area contributed by atoms with Crippen molar-refractivity contribution in [2.45, 2.75) is 6.92 Å². The zero-order chi connectivity index (χ0) is 13.1. The van der Waals surface area contributed by atoms with Crippen molar-refractivity contribution in [1.82, 2.24) is 0 Å². The number of anilines is 2. The van der Waals surface area contributed by atoms with Gasteiger partial charge < -0.3 is 16.2 Å². The molecule has 2 aromatic rings. The van der Waals surface area contributed by atoms with Gasteiger partial charge >= 0.3 is 5.97 Å². The Morgan fingerprint density at radius 2 is 1.83 bits per heavy atom. The van der Waals surface area contributed by atoms with Crippen LogP contribution in [0.25, 0.3) is 11.1 Å². The maximum Gasteiger partial charge on any atom is 0.308 e. The highest BCUT2D eigenvalue weighted by Crippen LogP contribution is 2.33. The summed E-state index contributed by atoms with van der Waals surface area (Å²) in [5.74, 6) is -0.0335. The zero-order valence-electron chi connectivity index (χ0n) is 10.0. The van der Waals surface area contributed by atoms with Crippen LogP contribution in [0.15, 0.2) is 42.5 Å². The number of hydrogen-bond acceptors (Lipinski definition) is 4. The molecule has 4 heteroatoms. The van der Waals surface area contributed by atoms with Gasteiger partial charge in [0.1, 0.15) is 0 Å². The fraction of sp³-hybridized carbons (Fsp3) is 0.0714. The molecule has 0 radical (unpaired) electrons. The summed E-state index contributed by atoms with van der Waals surface area (Å²) in [6, 6.07) is 12.7. The lowest BCUT2D eigenvalue weighted by molar-refractivity contribution is -0.131. The number of nitrogen functional groups attached to an aromatic ring is 2. The van der Waals surface area contributed by atoms with Crippen LogP contribution < -0.4 is 16.2 Å². The van der Waals surface area contributed by atoms with E-state index in [1.54, 1.807) is 18.2 Å². The zero-order valence-corrected chi connectivity index (χ0v) is 10.0. The van der Waals surface area contributed by atoms with E-state index in [4.69, 9.17) is 16.2 Å². The molecule has 0 atom stereocenters. The second-order valence-corrected chi connectivity index (χ2v) is 3.94. The molecule has 0 saturated heterocycles. The van der Waals surface area contributed by atoms with Crippen LogP contribution in [-0.4, -0.2) is 5.97 Å².